The van der Waals surface area contributed by atoms with Crippen LogP contribution >= 0.6 is 0 Å². The van der Waals surface area contributed by atoms with Gasteiger partial charge < -0.3 is 4.90 Å². The number of aromatic nitrogens is 4. The quantitative estimate of drug-likeness (QED) is 0.396. The van der Waals surface area contributed by atoms with Gasteiger partial charge >= 0.3 is 0 Å². The third kappa shape index (κ3) is 4.94. The Morgan fingerprint density at radius 1 is 1.00 bits per heavy atom. The summed E-state index contributed by atoms with van der Waals surface area (Å²) < 4.78 is 1.94. The van der Waals surface area contributed by atoms with Crippen LogP contribution in [0.3, 0.4) is 0 Å². The van der Waals surface area contributed by atoms with Crippen molar-refractivity contribution in [1.82, 2.24) is 25.1 Å². The van der Waals surface area contributed by atoms with Crippen LogP contribution < -0.4 is 4.90 Å². The monoisotopic (exact) mass is 435 g/mol. The van der Waals surface area contributed by atoms with E-state index in [0.717, 1.165) is 50.7 Å². The molecule has 0 radical (unpaired) electrons. The lowest BCUT2D eigenvalue weighted by Crippen LogP contribution is -2.49. The van der Waals surface area contributed by atoms with Crippen molar-refractivity contribution in [2.75, 3.05) is 31.1 Å². The number of nitro groups is 1. The molecule has 2 aromatic carbocycles. The van der Waals surface area contributed by atoms with E-state index in [4.69, 9.17) is 0 Å². The third-order valence-electron chi connectivity index (χ3n) is 6.04. The van der Waals surface area contributed by atoms with Crippen molar-refractivity contribution in [3.63, 3.8) is 0 Å². The number of hydrogen-bond acceptors (Lipinski definition) is 7. The lowest BCUT2D eigenvalue weighted by molar-refractivity contribution is -0.384. The molecule has 0 N–H and O–H groups in total. The molecule has 0 saturated carbocycles. The predicted molar refractivity (Wildman–Crippen MR) is 122 cm³/mol. The fraction of sp³-hybridized carbons (Fsp3) is 0.435. The average molecular weight is 436 g/mol. The van der Waals surface area contributed by atoms with Gasteiger partial charge in [-0.3, -0.25) is 15.0 Å². The molecule has 1 unspecified atom stereocenters. The van der Waals surface area contributed by atoms with Crippen molar-refractivity contribution in [2.24, 2.45) is 5.92 Å². The molecule has 0 aliphatic carbocycles. The number of nitro benzene ring substituents is 1. The van der Waals surface area contributed by atoms with Gasteiger partial charge in [-0.05, 0) is 40.5 Å². The van der Waals surface area contributed by atoms with Gasteiger partial charge in [0.15, 0.2) is 5.82 Å². The van der Waals surface area contributed by atoms with Gasteiger partial charge in [0.1, 0.15) is 0 Å². The van der Waals surface area contributed by atoms with E-state index in [0.29, 0.717) is 5.92 Å². The summed E-state index contributed by atoms with van der Waals surface area (Å²) in [6, 6.07) is 17.3. The Balaban J connectivity index is 1.42. The standard InChI is InChI=1S/C23H29N7O2/c1-18(2)22(23-24-25-26-29(23)13-12-19-6-4-3-5-7-19)28-16-14-27(15-17-28)20-8-10-21(11-9-20)30(31)32/h3-11,18,22H,12-17H2,1-2H3. The molecule has 9 heteroatoms. The molecule has 2 heterocycles. The predicted octanol–water partition coefficient (Wildman–Crippen LogP) is 3.34. The molecule has 1 saturated heterocycles. The average Bonchev–Trinajstić information content (AvgIpc) is 3.27. The number of tetrazole rings is 1. The number of aryl methyl sites for hydroxylation is 2. The summed E-state index contributed by atoms with van der Waals surface area (Å²) in [4.78, 5) is 15.3. The minimum absolute atomic E-state index is 0.120. The highest BCUT2D eigenvalue weighted by atomic mass is 16.6. The Kier molecular flexibility index (Phi) is 6.75. The lowest BCUT2D eigenvalue weighted by Gasteiger charge is -2.41. The molecule has 1 atom stereocenters. The van der Waals surface area contributed by atoms with Gasteiger partial charge in [-0.2, -0.15) is 0 Å². The van der Waals surface area contributed by atoms with E-state index in [2.05, 4.69) is 63.4 Å². The fourth-order valence-corrected chi connectivity index (χ4v) is 4.39. The Labute approximate surface area is 187 Å². The molecular formula is C23H29N7O2. The number of non-ortho nitro benzene ring substituents is 1. The molecule has 0 bridgehead atoms. The molecule has 9 nitrogen and oxygen atoms in total. The minimum atomic E-state index is -0.364. The number of piperazine rings is 1. The van der Waals surface area contributed by atoms with Gasteiger partial charge in [-0.15, -0.1) is 5.10 Å². The molecule has 3 aromatic rings. The van der Waals surface area contributed by atoms with E-state index in [-0.39, 0.29) is 16.7 Å². The molecular weight excluding hydrogens is 406 g/mol. The molecule has 0 spiro atoms. The first-order valence-corrected chi connectivity index (χ1v) is 11.1. The number of benzene rings is 2. The van der Waals surface area contributed by atoms with Gasteiger partial charge in [0.25, 0.3) is 5.69 Å². The Morgan fingerprint density at radius 3 is 2.31 bits per heavy atom. The second-order valence-corrected chi connectivity index (χ2v) is 8.48. The van der Waals surface area contributed by atoms with Crippen molar-refractivity contribution in [3.05, 3.63) is 76.1 Å². The molecule has 1 aliphatic rings. The summed E-state index contributed by atoms with van der Waals surface area (Å²) in [6.45, 7) is 8.64. The SMILES string of the molecule is CC(C)C(c1nnnn1CCc1ccccc1)N1CCN(c2ccc([N+](=O)[O-])cc2)CC1. The summed E-state index contributed by atoms with van der Waals surface area (Å²) in [6.07, 6.45) is 0.887. The van der Waals surface area contributed by atoms with Crippen LogP contribution in [0.5, 0.6) is 0 Å². The van der Waals surface area contributed by atoms with Gasteiger partial charge in [-0.25, -0.2) is 4.68 Å². The van der Waals surface area contributed by atoms with E-state index >= 15 is 0 Å². The van der Waals surface area contributed by atoms with Crippen molar-refractivity contribution >= 4 is 11.4 Å². The molecule has 1 fully saturated rings. The van der Waals surface area contributed by atoms with Crippen molar-refractivity contribution in [1.29, 1.82) is 0 Å². The fourth-order valence-electron chi connectivity index (χ4n) is 4.39. The minimum Gasteiger partial charge on any atom is -0.369 e. The number of hydrogen-bond donors (Lipinski definition) is 0. The molecule has 0 amide bonds. The van der Waals surface area contributed by atoms with E-state index in [1.165, 1.54) is 5.56 Å². The summed E-state index contributed by atoms with van der Waals surface area (Å²) in [5, 5.41) is 23.6. The van der Waals surface area contributed by atoms with Crippen molar-refractivity contribution in [3.8, 4) is 0 Å². The van der Waals surface area contributed by atoms with Crippen molar-refractivity contribution < 1.29 is 4.92 Å². The van der Waals surface area contributed by atoms with Gasteiger partial charge in [0, 0.05) is 50.5 Å². The van der Waals surface area contributed by atoms with Gasteiger partial charge in [0.05, 0.1) is 11.0 Å². The van der Waals surface area contributed by atoms with Crippen LogP contribution in [0.15, 0.2) is 54.6 Å². The molecule has 32 heavy (non-hydrogen) atoms. The summed E-state index contributed by atoms with van der Waals surface area (Å²) in [5.41, 5.74) is 2.41. The van der Waals surface area contributed by atoms with Crippen LogP contribution in [0.1, 0.15) is 31.3 Å². The number of anilines is 1. The molecule has 4 rings (SSSR count). The molecule has 168 valence electrons. The largest absolute Gasteiger partial charge is 0.369 e. The first-order valence-electron chi connectivity index (χ1n) is 11.1. The zero-order valence-electron chi connectivity index (χ0n) is 18.5. The van der Waals surface area contributed by atoms with Crippen LogP contribution in [0.2, 0.25) is 0 Å². The van der Waals surface area contributed by atoms with Crippen LogP contribution in [0.4, 0.5) is 11.4 Å². The summed E-state index contributed by atoms with van der Waals surface area (Å²) >= 11 is 0. The Bertz CT molecular complexity index is 1010. The second kappa shape index (κ2) is 9.86. The van der Waals surface area contributed by atoms with E-state index in [1.54, 1.807) is 12.1 Å². The number of nitrogens with zero attached hydrogens (tertiary/aromatic N) is 7. The van der Waals surface area contributed by atoms with Gasteiger partial charge in [-0.1, -0.05) is 44.2 Å². The normalized spacial score (nSPS) is 15.8. The smallest absolute Gasteiger partial charge is 0.269 e. The summed E-state index contributed by atoms with van der Waals surface area (Å²) in [7, 11) is 0. The van der Waals surface area contributed by atoms with E-state index in [1.807, 2.05) is 22.9 Å². The van der Waals surface area contributed by atoms with Crippen LogP contribution in [0, 0.1) is 16.0 Å². The van der Waals surface area contributed by atoms with Crippen molar-refractivity contribution in [2.45, 2.75) is 32.9 Å². The summed E-state index contributed by atoms with van der Waals surface area (Å²) in [5.74, 6) is 1.28. The number of rotatable bonds is 8. The highest BCUT2D eigenvalue weighted by Crippen LogP contribution is 2.29. The highest BCUT2D eigenvalue weighted by molar-refractivity contribution is 5.51. The first kappa shape index (κ1) is 21.9. The van der Waals surface area contributed by atoms with E-state index < -0.39 is 0 Å². The van der Waals surface area contributed by atoms with Crippen LogP contribution in [-0.2, 0) is 13.0 Å². The first-order chi connectivity index (χ1) is 15.5. The van der Waals surface area contributed by atoms with E-state index in [9.17, 15) is 10.1 Å². The zero-order valence-corrected chi connectivity index (χ0v) is 18.5. The Hall–Kier alpha value is -3.33. The lowest BCUT2D eigenvalue weighted by atomic mass is 10.0. The Morgan fingerprint density at radius 2 is 1.69 bits per heavy atom. The van der Waals surface area contributed by atoms with Gasteiger partial charge in [0.2, 0.25) is 0 Å². The topological polar surface area (TPSA) is 93.2 Å². The maximum absolute atomic E-state index is 10.9. The van der Waals surface area contributed by atoms with Crippen LogP contribution in [0.25, 0.3) is 0 Å². The second-order valence-electron chi connectivity index (χ2n) is 8.48. The third-order valence-corrected chi connectivity index (χ3v) is 6.04. The van der Waals surface area contributed by atoms with Crippen LogP contribution in [-0.4, -0.2) is 56.2 Å². The molecule has 1 aliphatic heterocycles. The highest BCUT2D eigenvalue weighted by Gasteiger charge is 2.31. The maximum Gasteiger partial charge on any atom is 0.269 e. The molecule has 1 aromatic heterocycles. The zero-order chi connectivity index (χ0) is 22.5. The maximum atomic E-state index is 10.9.